The highest BCUT2D eigenvalue weighted by Gasteiger charge is 2.07. The zero-order valence-electron chi connectivity index (χ0n) is 10.4. The summed E-state index contributed by atoms with van der Waals surface area (Å²) in [5.41, 5.74) is 2.41. The van der Waals surface area contributed by atoms with Crippen LogP contribution in [-0.4, -0.2) is 19.6 Å². The molecular weight excluding hydrogens is 280 g/mol. The molecule has 0 aliphatic heterocycles. The second kappa shape index (κ2) is 5.04. The second-order valence-corrected chi connectivity index (χ2v) is 5.51. The number of hydrogen-bond donors (Lipinski definition) is 0. The first-order valence-electron chi connectivity index (χ1n) is 5.74. The second-order valence-electron chi connectivity index (χ2n) is 4.76. The van der Waals surface area contributed by atoms with E-state index < -0.39 is 0 Å². The molecule has 0 aromatic carbocycles. The topological polar surface area (TPSA) is 35.6 Å². The summed E-state index contributed by atoms with van der Waals surface area (Å²) in [6.45, 7) is 5.35. The average molecular weight is 297 g/mol. The molecule has 0 bridgehead atoms. The average Bonchev–Trinajstić information content (AvgIpc) is 2.74. The lowest BCUT2D eigenvalue weighted by molar-refractivity contribution is 0.483. The molecule has 5 heteroatoms. The Morgan fingerprint density at radius 3 is 2.71 bits per heavy atom. The molecule has 17 heavy (non-hydrogen) atoms. The maximum Gasteiger partial charge on any atom is 0.131 e. The summed E-state index contributed by atoms with van der Waals surface area (Å²) < 4.78 is 4.74. The molecule has 0 saturated carbocycles. The lowest BCUT2D eigenvalue weighted by Crippen LogP contribution is -2.04. The van der Waals surface area contributed by atoms with Crippen molar-refractivity contribution in [3.63, 3.8) is 0 Å². The van der Waals surface area contributed by atoms with Crippen LogP contribution >= 0.6 is 15.9 Å². The highest BCUT2D eigenvalue weighted by Crippen LogP contribution is 2.17. The van der Waals surface area contributed by atoms with Crippen molar-refractivity contribution in [1.29, 1.82) is 0 Å². The Balaban J connectivity index is 2.08. The van der Waals surface area contributed by atoms with Crippen molar-refractivity contribution >= 4 is 15.9 Å². The lowest BCUT2D eigenvalue weighted by atomic mass is 10.1. The van der Waals surface area contributed by atoms with Gasteiger partial charge in [0.25, 0.3) is 0 Å². The molecule has 0 amide bonds. The predicted octanol–water partition coefficient (Wildman–Crippen LogP) is 2.63. The summed E-state index contributed by atoms with van der Waals surface area (Å²) in [6, 6.07) is 0. The van der Waals surface area contributed by atoms with E-state index in [0.29, 0.717) is 5.92 Å². The van der Waals surface area contributed by atoms with Gasteiger partial charge in [-0.05, 0) is 27.4 Å². The van der Waals surface area contributed by atoms with Gasteiger partial charge in [-0.25, -0.2) is 0 Å². The van der Waals surface area contributed by atoms with Gasteiger partial charge in [0.1, 0.15) is 4.60 Å². The Labute approximate surface area is 110 Å². The van der Waals surface area contributed by atoms with E-state index in [2.05, 4.69) is 46.2 Å². The summed E-state index contributed by atoms with van der Waals surface area (Å²) in [7, 11) is 1.93. The Bertz CT molecular complexity index is 498. The van der Waals surface area contributed by atoms with Gasteiger partial charge in [-0.15, -0.1) is 0 Å². The number of halogens is 1. The minimum absolute atomic E-state index is 0.618. The number of aromatic nitrogens is 4. The van der Waals surface area contributed by atoms with E-state index in [9.17, 15) is 0 Å². The zero-order chi connectivity index (χ0) is 12.4. The van der Waals surface area contributed by atoms with Crippen LogP contribution < -0.4 is 0 Å². The van der Waals surface area contributed by atoms with E-state index >= 15 is 0 Å². The molecule has 4 nitrogen and oxygen atoms in total. The minimum atomic E-state index is 0.618. The molecule has 0 N–H and O–H groups in total. The van der Waals surface area contributed by atoms with Gasteiger partial charge in [0, 0.05) is 38.0 Å². The molecule has 2 aromatic rings. The van der Waals surface area contributed by atoms with Gasteiger partial charge in [0.15, 0.2) is 0 Å². The maximum absolute atomic E-state index is 4.36. The number of aryl methyl sites for hydroxylation is 1. The lowest BCUT2D eigenvalue weighted by Gasteiger charge is -2.03. The monoisotopic (exact) mass is 296 g/mol. The van der Waals surface area contributed by atoms with Crippen LogP contribution in [0.3, 0.4) is 0 Å². The fourth-order valence-electron chi connectivity index (χ4n) is 1.82. The molecule has 0 spiro atoms. The van der Waals surface area contributed by atoms with Gasteiger partial charge >= 0.3 is 0 Å². The summed E-state index contributed by atoms with van der Waals surface area (Å²) in [6.07, 6.45) is 6.94. The number of rotatable bonds is 4. The van der Waals surface area contributed by atoms with E-state index in [4.69, 9.17) is 0 Å². The van der Waals surface area contributed by atoms with Crippen molar-refractivity contribution in [1.82, 2.24) is 19.6 Å². The van der Waals surface area contributed by atoms with Crippen LogP contribution in [0.4, 0.5) is 0 Å². The molecule has 0 unspecified atom stereocenters. The van der Waals surface area contributed by atoms with E-state index in [1.165, 1.54) is 11.1 Å². The zero-order valence-corrected chi connectivity index (χ0v) is 12.0. The van der Waals surface area contributed by atoms with Crippen LogP contribution in [0.2, 0.25) is 0 Å². The fourth-order valence-corrected chi connectivity index (χ4v) is 2.31. The maximum atomic E-state index is 4.36. The van der Waals surface area contributed by atoms with E-state index in [1.807, 2.05) is 28.8 Å². The molecule has 0 atom stereocenters. The van der Waals surface area contributed by atoms with Gasteiger partial charge in [-0.1, -0.05) is 13.8 Å². The van der Waals surface area contributed by atoms with Crippen LogP contribution in [-0.2, 0) is 20.0 Å². The van der Waals surface area contributed by atoms with Gasteiger partial charge in [-0.2, -0.15) is 10.2 Å². The van der Waals surface area contributed by atoms with Crippen molar-refractivity contribution in [2.75, 3.05) is 0 Å². The first-order chi connectivity index (χ1) is 8.04. The number of hydrogen-bond acceptors (Lipinski definition) is 2. The molecule has 0 aliphatic carbocycles. The molecule has 2 heterocycles. The van der Waals surface area contributed by atoms with Crippen molar-refractivity contribution in [3.05, 3.63) is 34.3 Å². The van der Waals surface area contributed by atoms with E-state index in [1.54, 1.807) is 0 Å². The third kappa shape index (κ3) is 3.19. The summed E-state index contributed by atoms with van der Waals surface area (Å²) >= 11 is 3.46. The third-order valence-electron chi connectivity index (χ3n) is 2.49. The quantitative estimate of drug-likeness (QED) is 0.869. The van der Waals surface area contributed by atoms with Crippen LogP contribution in [0.25, 0.3) is 0 Å². The standard InChI is InChI=1S/C12H17BrN4/c1-9(2)6-17-7-10(5-14-17)4-11-8-16(3)15-12(11)13/h5,7-9H,4,6H2,1-3H3. The smallest absolute Gasteiger partial charge is 0.131 e. The Morgan fingerprint density at radius 1 is 1.35 bits per heavy atom. The Morgan fingerprint density at radius 2 is 2.12 bits per heavy atom. The van der Waals surface area contributed by atoms with Crippen LogP contribution in [0.15, 0.2) is 23.2 Å². The van der Waals surface area contributed by atoms with Gasteiger partial charge in [0.2, 0.25) is 0 Å². The third-order valence-corrected chi connectivity index (χ3v) is 3.15. The highest BCUT2D eigenvalue weighted by molar-refractivity contribution is 9.10. The predicted molar refractivity (Wildman–Crippen MR) is 70.8 cm³/mol. The summed E-state index contributed by atoms with van der Waals surface area (Å²) in [5, 5.41) is 8.63. The molecule has 92 valence electrons. The fraction of sp³-hybridized carbons (Fsp3) is 0.500. The van der Waals surface area contributed by atoms with E-state index in [0.717, 1.165) is 17.6 Å². The molecule has 0 saturated heterocycles. The van der Waals surface area contributed by atoms with Crippen molar-refractivity contribution < 1.29 is 0 Å². The normalized spacial score (nSPS) is 11.4. The first kappa shape index (κ1) is 12.4. The van der Waals surface area contributed by atoms with Crippen LogP contribution in [0, 0.1) is 5.92 Å². The molecule has 2 rings (SSSR count). The van der Waals surface area contributed by atoms with Gasteiger partial charge in [-0.3, -0.25) is 9.36 Å². The van der Waals surface area contributed by atoms with Crippen LogP contribution in [0.1, 0.15) is 25.0 Å². The number of nitrogens with zero attached hydrogens (tertiary/aromatic N) is 4. The largest absolute Gasteiger partial charge is 0.274 e. The van der Waals surface area contributed by atoms with Crippen LogP contribution in [0.5, 0.6) is 0 Å². The van der Waals surface area contributed by atoms with Gasteiger partial charge < -0.3 is 0 Å². The molecular formula is C12H17BrN4. The van der Waals surface area contributed by atoms with Crippen molar-refractivity contribution in [2.24, 2.45) is 13.0 Å². The van der Waals surface area contributed by atoms with E-state index in [-0.39, 0.29) is 0 Å². The Kier molecular flexibility index (Phi) is 3.66. The van der Waals surface area contributed by atoms with Crippen molar-refractivity contribution in [2.45, 2.75) is 26.8 Å². The first-order valence-corrected chi connectivity index (χ1v) is 6.53. The molecule has 0 fully saturated rings. The molecule has 2 aromatic heterocycles. The highest BCUT2D eigenvalue weighted by atomic mass is 79.9. The summed E-state index contributed by atoms with van der Waals surface area (Å²) in [5.74, 6) is 0.618. The van der Waals surface area contributed by atoms with Crippen molar-refractivity contribution in [3.8, 4) is 0 Å². The summed E-state index contributed by atoms with van der Waals surface area (Å²) in [4.78, 5) is 0. The SMILES string of the molecule is CC(C)Cn1cc(Cc2cn(C)nc2Br)cn1. The molecule has 0 aliphatic rings. The Hall–Kier alpha value is -1.10. The minimum Gasteiger partial charge on any atom is -0.274 e. The van der Waals surface area contributed by atoms with Gasteiger partial charge in [0.05, 0.1) is 6.20 Å². The molecule has 0 radical (unpaired) electrons.